The predicted octanol–water partition coefficient (Wildman–Crippen LogP) is 0.921. The molecule has 6 nitrogen and oxygen atoms in total. The van der Waals surface area contributed by atoms with Gasteiger partial charge in [-0.2, -0.15) is 5.10 Å². The van der Waals surface area contributed by atoms with Crippen LogP contribution in [0.25, 0.3) is 0 Å². The molecule has 2 N–H and O–H groups in total. The van der Waals surface area contributed by atoms with Crippen molar-refractivity contribution in [3.63, 3.8) is 0 Å². The minimum atomic E-state index is -1.23. The van der Waals surface area contributed by atoms with Crippen molar-refractivity contribution in [1.82, 2.24) is 5.43 Å². The van der Waals surface area contributed by atoms with Gasteiger partial charge in [0.2, 0.25) is 0 Å². The lowest BCUT2D eigenvalue weighted by Gasteiger charge is -2.07. The zero-order chi connectivity index (χ0) is 16.7. The summed E-state index contributed by atoms with van der Waals surface area (Å²) in [4.78, 5) is 22.3. The van der Waals surface area contributed by atoms with Gasteiger partial charge in [0, 0.05) is 5.69 Å². The Labute approximate surface area is 133 Å². The molecule has 0 aliphatic rings. The number of amides is 1. The number of hydrazone groups is 1. The highest BCUT2D eigenvalue weighted by Gasteiger charge is 2.01. The van der Waals surface area contributed by atoms with E-state index in [1.807, 2.05) is 31.2 Å². The van der Waals surface area contributed by atoms with Gasteiger partial charge in [-0.05, 0) is 29.7 Å². The molecule has 2 aromatic rings. The van der Waals surface area contributed by atoms with Gasteiger partial charge in [-0.3, -0.25) is 4.79 Å². The Morgan fingerprint density at radius 3 is 2.48 bits per heavy atom. The number of aromatic carboxylic acids is 1. The van der Waals surface area contributed by atoms with Crippen LogP contribution in [0, 0.1) is 6.92 Å². The zero-order valence-corrected chi connectivity index (χ0v) is 12.6. The first-order valence-corrected chi connectivity index (χ1v) is 6.99. The smallest absolute Gasteiger partial charge is 0.259 e. The number of nitrogens with one attached hydrogen (secondary N) is 2. The molecule has 2 rings (SSSR count). The Balaban J connectivity index is 1.82. The molecule has 23 heavy (non-hydrogen) atoms. The summed E-state index contributed by atoms with van der Waals surface area (Å²) in [5, 5.41) is 17.5. The maximum atomic E-state index is 11.7. The lowest BCUT2D eigenvalue weighted by atomic mass is 10.1. The Kier molecular flexibility index (Phi) is 5.46. The van der Waals surface area contributed by atoms with E-state index in [2.05, 4.69) is 15.8 Å². The summed E-state index contributed by atoms with van der Waals surface area (Å²) in [6, 6.07) is 13.6. The fraction of sp³-hybridized carbons (Fsp3) is 0.118. The molecular formula is C17H16N3O3-. The Hall–Kier alpha value is -3.15. The van der Waals surface area contributed by atoms with Crippen LogP contribution in [0.2, 0.25) is 0 Å². The predicted molar refractivity (Wildman–Crippen MR) is 86.2 cm³/mol. The van der Waals surface area contributed by atoms with Crippen LogP contribution in [0.4, 0.5) is 5.69 Å². The van der Waals surface area contributed by atoms with E-state index in [-0.39, 0.29) is 18.0 Å². The molecule has 1 amide bonds. The highest BCUT2D eigenvalue weighted by Crippen LogP contribution is 2.12. The van der Waals surface area contributed by atoms with Gasteiger partial charge in [0.05, 0.1) is 18.7 Å². The summed E-state index contributed by atoms with van der Waals surface area (Å²) < 4.78 is 0. The molecule has 0 unspecified atom stereocenters. The summed E-state index contributed by atoms with van der Waals surface area (Å²) in [5.41, 5.74) is 5.10. The molecule has 0 atom stereocenters. The van der Waals surface area contributed by atoms with E-state index < -0.39 is 5.97 Å². The number of hydrogen-bond acceptors (Lipinski definition) is 5. The summed E-state index contributed by atoms with van der Waals surface area (Å²) in [6.07, 6.45) is 1.44. The van der Waals surface area contributed by atoms with Crippen LogP contribution in [0.1, 0.15) is 21.5 Å². The van der Waals surface area contributed by atoms with Crippen LogP contribution in [0.15, 0.2) is 53.6 Å². The molecule has 0 bridgehead atoms. The van der Waals surface area contributed by atoms with Gasteiger partial charge in [0.25, 0.3) is 5.91 Å². The van der Waals surface area contributed by atoms with Crippen LogP contribution in [-0.4, -0.2) is 24.6 Å². The largest absolute Gasteiger partial charge is 0.545 e. The second kappa shape index (κ2) is 7.74. The van der Waals surface area contributed by atoms with Crippen LogP contribution >= 0.6 is 0 Å². The highest BCUT2D eigenvalue weighted by molar-refractivity contribution is 5.88. The summed E-state index contributed by atoms with van der Waals surface area (Å²) in [6.45, 7) is 2.06. The average Bonchev–Trinajstić information content (AvgIpc) is 2.54. The van der Waals surface area contributed by atoms with Crippen molar-refractivity contribution in [2.75, 3.05) is 11.9 Å². The fourth-order valence-corrected chi connectivity index (χ4v) is 1.87. The van der Waals surface area contributed by atoms with Crippen molar-refractivity contribution in [3.8, 4) is 0 Å². The molecule has 0 aliphatic heterocycles. The van der Waals surface area contributed by atoms with Crippen molar-refractivity contribution < 1.29 is 14.7 Å². The number of aryl methyl sites for hydroxylation is 1. The van der Waals surface area contributed by atoms with Crippen molar-refractivity contribution in [2.24, 2.45) is 5.10 Å². The first kappa shape index (κ1) is 16.2. The number of carbonyl (C=O) groups excluding carboxylic acids is 2. The van der Waals surface area contributed by atoms with Crippen molar-refractivity contribution in [3.05, 3.63) is 65.2 Å². The number of carboxylic acids is 1. The Morgan fingerprint density at radius 2 is 1.83 bits per heavy atom. The van der Waals surface area contributed by atoms with Gasteiger partial charge < -0.3 is 15.2 Å². The average molecular weight is 310 g/mol. The summed E-state index contributed by atoms with van der Waals surface area (Å²) in [5.74, 6) is -1.51. The summed E-state index contributed by atoms with van der Waals surface area (Å²) in [7, 11) is 0. The van der Waals surface area contributed by atoms with Crippen LogP contribution in [0.5, 0.6) is 0 Å². The molecule has 0 spiro atoms. The molecule has 6 heteroatoms. The van der Waals surface area contributed by atoms with E-state index in [4.69, 9.17) is 0 Å². The molecule has 0 aliphatic carbocycles. The molecule has 0 saturated carbocycles. The topological polar surface area (TPSA) is 93.6 Å². The van der Waals surface area contributed by atoms with Crippen molar-refractivity contribution in [2.45, 2.75) is 6.92 Å². The van der Waals surface area contributed by atoms with Crippen LogP contribution < -0.4 is 15.8 Å². The van der Waals surface area contributed by atoms with Crippen LogP contribution in [-0.2, 0) is 4.79 Å². The van der Waals surface area contributed by atoms with E-state index in [0.29, 0.717) is 5.56 Å². The molecular weight excluding hydrogens is 294 g/mol. The Morgan fingerprint density at radius 1 is 1.13 bits per heavy atom. The number of carboxylic acid groups (broad SMARTS) is 1. The number of benzene rings is 2. The van der Waals surface area contributed by atoms with E-state index in [9.17, 15) is 14.7 Å². The molecule has 0 fully saturated rings. The second-order valence-electron chi connectivity index (χ2n) is 4.87. The van der Waals surface area contributed by atoms with Gasteiger partial charge in [-0.1, -0.05) is 42.5 Å². The number of carbonyl (C=O) groups is 2. The van der Waals surface area contributed by atoms with Crippen molar-refractivity contribution in [1.29, 1.82) is 0 Å². The second-order valence-corrected chi connectivity index (χ2v) is 4.87. The highest BCUT2D eigenvalue weighted by atomic mass is 16.4. The van der Waals surface area contributed by atoms with E-state index in [0.717, 1.165) is 11.3 Å². The van der Waals surface area contributed by atoms with Gasteiger partial charge in [-0.15, -0.1) is 0 Å². The number of anilines is 1. The fourth-order valence-electron chi connectivity index (χ4n) is 1.87. The third kappa shape index (κ3) is 4.96. The molecule has 0 saturated heterocycles. The SMILES string of the molecule is Cc1ccccc1NCC(=O)N/N=C\c1ccc(C(=O)[O-])cc1. The van der Waals surface area contributed by atoms with Gasteiger partial charge in [0.15, 0.2) is 0 Å². The third-order valence-corrected chi connectivity index (χ3v) is 3.13. The van der Waals surface area contributed by atoms with E-state index in [1.54, 1.807) is 12.1 Å². The van der Waals surface area contributed by atoms with Crippen LogP contribution in [0.3, 0.4) is 0 Å². The van der Waals surface area contributed by atoms with Gasteiger partial charge in [-0.25, -0.2) is 5.43 Å². The maximum Gasteiger partial charge on any atom is 0.259 e. The van der Waals surface area contributed by atoms with E-state index in [1.165, 1.54) is 18.3 Å². The van der Waals surface area contributed by atoms with Gasteiger partial charge in [0.1, 0.15) is 0 Å². The summed E-state index contributed by atoms with van der Waals surface area (Å²) >= 11 is 0. The lowest BCUT2D eigenvalue weighted by Crippen LogP contribution is -2.26. The van der Waals surface area contributed by atoms with Gasteiger partial charge >= 0.3 is 0 Å². The Bertz CT molecular complexity index is 724. The number of nitrogens with zero attached hydrogens (tertiary/aromatic N) is 1. The molecule has 0 heterocycles. The van der Waals surface area contributed by atoms with E-state index >= 15 is 0 Å². The zero-order valence-electron chi connectivity index (χ0n) is 12.6. The number of hydrogen-bond donors (Lipinski definition) is 2. The molecule has 2 aromatic carbocycles. The minimum absolute atomic E-state index is 0.0913. The third-order valence-electron chi connectivity index (χ3n) is 3.13. The first-order valence-electron chi connectivity index (χ1n) is 6.99. The molecule has 0 aromatic heterocycles. The molecule has 118 valence electrons. The lowest BCUT2D eigenvalue weighted by molar-refractivity contribution is -0.255. The standard InChI is InChI=1S/C17H17N3O3/c1-12-4-2-3-5-15(12)18-11-16(21)20-19-10-13-6-8-14(9-7-13)17(22)23/h2-10,18H,11H2,1H3,(H,20,21)(H,22,23)/p-1/b19-10-. The first-order chi connectivity index (χ1) is 11.1. The normalized spacial score (nSPS) is 10.5. The molecule has 0 radical (unpaired) electrons. The minimum Gasteiger partial charge on any atom is -0.545 e. The quantitative estimate of drug-likeness (QED) is 0.613. The monoisotopic (exact) mass is 310 g/mol. The number of rotatable bonds is 6. The number of para-hydroxylation sites is 1. The maximum absolute atomic E-state index is 11.7. The van der Waals surface area contributed by atoms with Crippen molar-refractivity contribution >= 4 is 23.8 Å².